The molecule has 1 saturated heterocycles. The SMILES string of the molecule is Cc1c(N2CCN(C)[C@@H](C)C2)cc(C)c2c3c(c(=O)oc12)CN(C(=O)OC(C)(C)C)CC3. The number of rotatable bonds is 1. The summed E-state index contributed by atoms with van der Waals surface area (Å²) in [7, 11) is 2.16. The lowest BCUT2D eigenvalue weighted by molar-refractivity contribution is 0.0222. The number of amides is 1. The van der Waals surface area contributed by atoms with Crippen LogP contribution in [0.25, 0.3) is 11.0 Å². The standard InChI is InChI=1S/C25H35N3O4/c1-15-12-20(27-11-10-26(7)16(2)13-27)17(3)22-21(15)18-8-9-28(14-19(18)23(29)31-22)24(30)32-25(4,5)6/h12,16H,8-11,13-14H2,1-7H3/t16-/m0/s1. The molecule has 1 aromatic heterocycles. The van der Waals surface area contributed by atoms with Crippen molar-refractivity contribution in [1.82, 2.24) is 9.80 Å². The molecule has 0 spiro atoms. The number of likely N-dealkylation sites (N-methyl/N-ethyl adjacent to an activating group) is 1. The Hall–Kier alpha value is -2.54. The predicted octanol–water partition coefficient (Wildman–Crippen LogP) is 3.84. The highest BCUT2D eigenvalue weighted by molar-refractivity contribution is 5.91. The molecule has 1 amide bonds. The summed E-state index contributed by atoms with van der Waals surface area (Å²) < 4.78 is 11.4. The van der Waals surface area contributed by atoms with E-state index in [9.17, 15) is 9.59 Å². The van der Waals surface area contributed by atoms with Crippen LogP contribution in [-0.4, -0.2) is 60.8 Å². The summed E-state index contributed by atoms with van der Waals surface area (Å²) in [6, 6.07) is 2.70. The highest BCUT2D eigenvalue weighted by atomic mass is 16.6. The lowest BCUT2D eigenvalue weighted by Crippen LogP contribution is -2.50. The predicted molar refractivity (Wildman–Crippen MR) is 127 cm³/mol. The second-order valence-electron chi connectivity index (χ2n) is 10.3. The second-order valence-corrected chi connectivity index (χ2v) is 10.3. The molecule has 1 fully saturated rings. The Morgan fingerprint density at radius 3 is 2.53 bits per heavy atom. The van der Waals surface area contributed by atoms with E-state index in [1.54, 1.807) is 4.90 Å². The molecule has 7 heteroatoms. The fourth-order valence-corrected chi connectivity index (χ4v) is 4.83. The normalized spacial score (nSPS) is 19.9. The smallest absolute Gasteiger partial charge is 0.410 e. The third kappa shape index (κ3) is 4.10. The van der Waals surface area contributed by atoms with Crippen molar-refractivity contribution < 1.29 is 13.9 Å². The minimum atomic E-state index is -0.573. The molecular formula is C25H35N3O4. The molecule has 1 aromatic carbocycles. The summed E-state index contributed by atoms with van der Waals surface area (Å²) in [5, 5.41) is 1.02. The van der Waals surface area contributed by atoms with Crippen molar-refractivity contribution in [3.05, 3.63) is 38.7 Å². The number of hydrogen-bond acceptors (Lipinski definition) is 6. The Bertz CT molecular complexity index is 1120. The topological polar surface area (TPSA) is 66.2 Å². The van der Waals surface area contributed by atoms with E-state index in [2.05, 4.69) is 36.8 Å². The zero-order valence-electron chi connectivity index (χ0n) is 20.4. The maximum Gasteiger partial charge on any atom is 0.410 e. The van der Waals surface area contributed by atoms with Crippen molar-refractivity contribution in [2.75, 3.05) is 38.1 Å². The lowest BCUT2D eigenvalue weighted by Gasteiger charge is -2.40. The van der Waals surface area contributed by atoms with Crippen LogP contribution in [0.3, 0.4) is 0 Å². The minimum absolute atomic E-state index is 0.221. The number of carbonyl (C=O) groups excluding carboxylic acids is 1. The van der Waals surface area contributed by atoms with Gasteiger partial charge in [-0.2, -0.15) is 0 Å². The number of piperazine rings is 1. The molecule has 0 radical (unpaired) electrons. The van der Waals surface area contributed by atoms with Crippen molar-refractivity contribution in [3.8, 4) is 0 Å². The molecule has 174 valence electrons. The molecule has 0 N–H and O–H groups in total. The first-order chi connectivity index (χ1) is 15.0. The van der Waals surface area contributed by atoms with Crippen molar-refractivity contribution in [2.45, 2.75) is 66.2 Å². The molecule has 0 aliphatic carbocycles. The van der Waals surface area contributed by atoms with Crippen LogP contribution >= 0.6 is 0 Å². The van der Waals surface area contributed by atoms with Crippen LogP contribution < -0.4 is 10.5 Å². The summed E-state index contributed by atoms with van der Waals surface area (Å²) in [5.74, 6) is 0. The highest BCUT2D eigenvalue weighted by Gasteiger charge is 2.31. The minimum Gasteiger partial charge on any atom is -0.444 e. The number of anilines is 1. The molecule has 3 heterocycles. The van der Waals surface area contributed by atoms with Crippen molar-refractivity contribution in [2.24, 2.45) is 0 Å². The van der Waals surface area contributed by atoms with Gasteiger partial charge >= 0.3 is 11.7 Å². The average Bonchev–Trinajstić information content (AvgIpc) is 2.71. The molecular weight excluding hydrogens is 406 g/mol. The van der Waals surface area contributed by atoms with E-state index in [1.165, 1.54) is 0 Å². The van der Waals surface area contributed by atoms with Gasteiger partial charge in [-0.15, -0.1) is 0 Å². The Labute approximate surface area is 189 Å². The molecule has 7 nitrogen and oxygen atoms in total. The third-order valence-electron chi connectivity index (χ3n) is 6.74. The van der Waals surface area contributed by atoms with E-state index in [-0.39, 0.29) is 12.2 Å². The molecule has 0 unspecified atom stereocenters. The number of ether oxygens (including phenoxy) is 1. The van der Waals surface area contributed by atoms with Gasteiger partial charge in [0.1, 0.15) is 11.2 Å². The first kappa shape index (κ1) is 22.6. The van der Waals surface area contributed by atoms with Gasteiger partial charge < -0.3 is 23.9 Å². The molecule has 2 aliphatic rings. The van der Waals surface area contributed by atoms with Gasteiger partial charge in [0.2, 0.25) is 0 Å². The van der Waals surface area contributed by atoms with Gasteiger partial charge in [0, 0.05) is 48.9 Å². The van der Waals surface area contributed by atoms with E-state index in [0.29, 0.717) is 30.2 Å². The molecule has 0 bridgehead atoms. The van der Waals surface area contributed by atoms with Crippen LogP contribution in [0.15, 0.2) is 15.3 Å². The fourth-order valence-electron chi connectivity index (χ4n) is 4.83. The number of aryl methyl sites for hydroxylation is 2. The van der Waals surface area contributed by atoms with Crippen LogP contribution in [-0.2, 0) is 17.7 Å². The molecule has 32 heavy (non-hydrogen) atoms. The van der Waals surface area contributed by atoms with Gasteiger partial charge in [-0.3, -0.25) is 0 Å². The molecule has 2 aromatic rings. The van der Waals surface area contributed by atoms with Gasteiger partial charge in [-0.05, 0) is 72.2 Å². The largest absolute Gasteiger partial charge is 0.444 e. The Balaban J connectivity index is 1.73. The van der Waals surface area contributed by atoms with Gasteiger partial charge in [0.05, 0.1) is 12.1 Å². The van der Waals surface area contributed by atoms with Gasteiger partial charge in [-0.25, -0.2) is 9.59 Å². The zero-order valence-corrected chi connectivity index (χ0v) is 20.4. The van der Waals surface area contributed by atoms with E-state index in [1.807, 2.05) is 27.7 Å². The van der Waals surface area contributed by atoms with Crippen LogP contribution in [0.4, 0.5) is 10.5 Å². The zero-order chi connectivity index (χ0) is 23.4. The average molecular weight is 442 g/mol. The molecule has 4 rings (SSSR count). The Morgan fingerprint density at radius 2 is 1.88 bits per heavy atom. The second kappa shape index (κ2) is 8.10. The first-order valence-electron chi connectivity index (χ1n) is 11.5. The maximum absolute atomic E-state index is 13.0. The van der Waals surface area contributed by atoms with Crippen LogP contribution in [0.2, 0.25) is 0 Å². The molecule has 2 aliphatic heterocycles. The van der Waals surface area contributed by atoms with Gasteiger partial charge in [-0.1, -0.05) is 0 Å². The van der Waals surface area contributed by atoms with E-state index in [4.69, 9.17) is 9.15 Å². The summed E-state index contributed by atoms with van der Waals surface area (Å²) in [5.41, 5.74) is 4.59. The van der Waals surface area contributed by atoms with Gasteiger partial charge in [0.25, 0.3) is 0 Å². The van der Waals surface area contributed by atoms with Gasteiger partial charge in [0.15, 0.2) is 0 Å². The Morgan fingerprint density at radius 1 is 1.16 bits per heavy atom. The van der Waals surface area contributed by atoms with Crippen LogP contribution in [0, 0.1) is 13.8 Å². The quantitative estimate of drug-likeness (QED) is 0.627. The van der Waals surface area contributed by atoms with E-state index < -0.39 is 11.7 Å². The molecule has 0 saturated carbocycles. The summed E-state index contributed by atoms with van der Waals surface area (Å²) in [4.78, 5) is 31.9. The Kier molecular flexibility index (Phi) is 5.74. The maximum atomic E-state index is 13.0. The fraction of sp³-hybridized carbons (Fsp3) is 0.600. The van der Waals surface area contributed by atoms with Crippen molar-refractivity contribution in [1.29, 1.82) is 0 Å². The van der Waals surface area contributed by atoms with Crippen LogP contribution in [0.5, 0.6) is 0 Å². The monoisotopic (exact) mass is 441 g/mol. The lowest BCUT2D eigenvalue weighted by atomic mass is 9.92. The number of benzene rings is 1. The van der Waals surface area contributed by atoms with Crippen molar-refractivity contribution >= 4 is 22.7 Å². The van der Waals surface area contributed by atoms with E-state index >= 15 is 0 Å². The third-order valence-corrected chi connectivity index (χ3v) is 6.74. The summed E-state index contributed by atoms with van der Waals surface area (Å²) in [6.45, 7) is 15.6. The van der Waals surface area contributed by atoms with Crippen molar-refractivity contribution in [3.63, 3.8) is 0 Å². The highest BCUT2D eigenvalue weighted by Crippen LogP contribution is 2.36. The summed E-state index contributed by atoms with van der Waals surface area (Å²) >= 11 is 0. The number of hydrogen-bond donors (Lipinski definition) is 0. The van der Waals surface area contributed by atoms with E-state index in [0.717, 1.165) is 47.4 Å². The number of nitrogens with zero attached hydrogens (tertiary/aromatic N) is 3. The first-order valence-corrected chi connectivity index (χ1v) is 11.5. The molecule has 1 atom stereocenters. The van der Waals surface area contributed by atoms with Crippen LogP contribution in [0.1, 0.15) is 49.9 Å². The number of carbonyl (C=O) groups is 1. The number of fused-ring (bicyclic) bond motifs is 3. The summed E-state index contributed by atoms with van der Waals surface area (Å²) in [6.07, 6.45) is 0.220.